The molecule has 2 nitrogen and oxygen atoms in total. The summed E-state index contributed by atoms with van der Waals surface area (Å²) in [5.41, 5.74) is 1.31. The highest BCUT2D eigenvalue weighted by Gasteiger charge is 2.64. The van der Waals surface area contributed by atoms with Crippen molar-refractivity contribution in [2.24, 2.45) is 23.7 Å². The standard InChI is InChI=1S/C16H19Br2NO/c1-20-16-11(17)4-8(5-12(16)18)7-19-15-13-9-2-3-10(6-9)14(13)15/h4-5,9-10,13-15,19H,2-3,6-7H2,1H3. The summed E-state index contributed by atoms with van der Waals surface area (Å²) in [6.45, 7) is 0.957. The van der Waals surface area contributed by atoms with Gasteiger partial charge >= 0.3 is 0 Å². The van der Waals surface area contributed by atoms with E-state index >= 15 is 0 Å². The van der Waals surface area contributed by atoms with Crippen molar-refractivity contribution in [3.05, 3.63) is 26.6 Å². The summed E-state index contributed by atoms with van der Waals surface area (Å²) in [7, 11) is 1.70. The summed E-state index contributed by atoms with van der Waals surface area (Å²) in [6, 6.07) is 5.10. The van der Waals surface area contributed by atoms with E-state index in [0.717, 1.165) is 51.0 Å². The average Bonchev–Trinajstić information content (AvgIpc) is 2.79. The van der Waals surface area contributed by atoms with Crippen molar-refractivity contribution in [3.8, 4) is 5.75 Å². The lowest BCUT2D eigenvalue weighted by molar-refractivity contribution is 0.409. The van der Waals surface area contributed by atoms with Crippen LogP contribution in [-0.2, 0) is 6.54 Å². The summed E-state index contributed by atoms with van der Waals surface area (Å²) in [4.78, 5) is 0. The van der Waals surface area contributed by atoms with Gasteiger partial charge in [0.25, 0.3) is 0 Å². The Hall–Kier alpha value is -0.0600. The van der Waals surface area contributed by atoms with Crippen LogP contribution in [0.15, 0.2) is 21.1 Å². The monoisotopic (exact) mass is 399 g/mol. The number of hydrogen-bond acceptors (Lipinski definition) is 2. The van der Waals surface area contributed by atoms with E-state index in [2.05, 4.69) is 49.3 Å². The fourth-order valence-corrected chi connectivity index (χ4v) is 6.35. The van der Waals surface area contributed by atoms with Gasteiger partial charge in [-0.25, -0.2) is 0 Å². The number of benzene rings is 1. The zero-order chi connectivity index (χ0) is 13.9. The summed E-state index contributed by atoms with van der Waals surface area (Å²) in [5.74, 6) is 4.95. The Morgan fingerprint density at radius 2 is 1.75 bits per heavy atom. The minimum absolute atomic E-state index is 0.793. The molecule has 0 saturated heterocycles. The second-order valence-corrected chi connectivity index (χ2v) is 8.20. The number of nitrogens with one attached hydrogen (secondary N) is 1. The molecule has 0 aromatic heterocycles. The molecule has 0 radical (unpaired) electrons. The van der Waals surface area contributed by atoms with Gasteiger partial charge in [0, 0.05) is 12.6 Å². The Morgan fingerprint density at radius 3 is 2.30 bits per heavy atom. The van der Waals surface area contributed by atoms with Crippen LogP contribution in [0.4, 0.5) is 0 Å². The van der Waals surface area contributed by atoms with E-state index in [0.29, 0.717) is 0 Å². The van der Waals surface area contributed by atoms with Crippen LogP contribution in [0.3, 0.4) is 0 Å². The molecule has 20 heavy (non-hydrogen) atoms. The molecule has 108 valence electrons. The van der Waals surface area contributed by atoms with E-state index in [1.165, 1.54) is 24.8 Å². The Labute approximate surface area is 136 Å². The van der Waals surface area contributed by atoms with Crippen molar-refractivity contribution in [1.82, 2.24) is 5.32 Å². The van der Waals surface area contributed by atoms with Gasteiger partial charge in [0.05, 0.1) is 16.1 Å². The van der Waals surface area contributed by atoms with Crippen LogP contribution in [0.25, 0.3) is 0 Å². The van der Waals surface area contributed by atoms with Crippen molar-refractivity contribution >= 4 is 31.9 Å². The largest absolute Gasteiger partial charge is 0.494 e. The predicted molar refractivity (Wildman–Crippen MR) is 86.8 cm³/mol. The second-order valence-electron chi connectivity index (χ2n) is 6.49. The molecule has 4 rings (SSSR count). The van der Waals surface area contributed by atoms with Gasteiger partial charge in [-0.3, -0.25) is 0 Å². The smallest absolute Gasteiger partial charge is 0.147 e. The lowest BCUT2D eigenvalue weighted by Crippen LogP contribution is -2.22. The van der Waals surface area contributed by atoms with Crippen molar-refractivity contribution in [2.45, 2.75) is 31.8 Å². The molecule has 4 heteroatoms. The summed E-state index contributed by atoms with van der Waals surface area (Å²) >= 11 is 7.15. The SMILES string of the molecule is COc1c(Br)cc(CNC2C3C4CCC(C4)C23)cc1Br. The van der Waals surface area contributed by atoms with E-state index in [1.807, 2.05) is 0 Å². The van der Waals surface area contributed by atoms with Gasteiger partial charge in [0.1, 0.15) is 5.75 Å². The first kappa shape index (κ1) is 13.6. The number of methoxy groups -OCH3 is 1. The molecular formula is C16H19Br2NO. The fraction of sp³-hybridized carbons (Fsp3) is 0.625. The van der Waals surface area contributed by atoms with Gasteiger partial charge in [0.15, 0.2) is 0 Å². The molecule has 4 unspecified atom stereocenters. The van der Waals surface area contributed by atoms with Crippen molar-refractivity contribution in [1.29, 1.82) is 0 Å². The quantitative estimate of drug-likeness (QED) is 0.810. The molecule has 2 bridgehead atoms. The number of halogens is 2. The van der Waals surface area contributed by atoms with E-state index in [4.69, 9.17) is 4.74 Å². The number of rotatable bonds is 4. The number of hydrogen-bond donors (Lipinski definition) is 1. The first-order chi connectivity index (χ1) is 9.69. The van der Waals surface area contributed by atoms with Crippen molar-refractivity contribution in [2.75, 3.05) is 7.11 Å². The van der Waals surface area contributed by atoms with Gasteiger partial charge in [0.2, 0.25) is 0 Å². The maximum absolute atomic E-state index is 5.35. The van der Waals surface area contributed by atoms with Gasteiger partial charge in [-0.05, 0) is 92.5 Å². The normalized spacial score (nSPS) is 37.0. The van der Waals surface area contributed by atoms with Crippen LogP contribution >= 0.6 is 31.9 Å². The maximum atomic E-state index is 5.35. The molecule has 1 N–H and O–H groups in total. The Bertz CT molecular complexity index is 508. The molecule has 0 spiro atoms. The Morgan fingerprint density at radius 1 is 1.15 bits per heavy atom. The van der Waals surface area contributed by atoms with Crippen LogP contribution in [0.1, 0.15) is 24.8 Å². The third kappa shape index (κ3) is 2.06. The third-order valence-corrected chi connectivity index (χ3v) is 6.72. The zero-order valence-electron chi connectivity index (χ0n) is 11.5. The van der Waals surface area contributed by atoms with E-state index < -0.39 is 0 Å². The molecular weight excluding hydrogens is 382 g/mol. The van der Waals surface area contributed by atoms with Gasteiger partial charge in [-0.2, -0.15) is 0 Å². The van der Waals surface area contributed by atoms with E-state index in [9.17, 15) is 0 Å². The first-order valence-corrected chi connectivity index (χ1v) is 9.03. The minimum Gasteiger partial charge on any atom is -0.494 e. The molecule has 4 atom stereocenters. The van der Waals surface area contributed by atoms with Crippen LogP contribution in [0.5, 0.6) is 5.75 Å². The highest BCUT2D eigenvalue weighted by Crippen LogP contribution is 2.65. The minimum atomic E-state index is 0.793. The van der Waals surface area contributed by atoms with E-state index in [-0.39, 0.29) is 0 Å². The highest BCUT2D eigenvalue weighted by atomic mass is 79.9. The number of fused-ring (bicyclic) bond motifs is 5. The fourth-order valence-electron chi connectivity index (χ4n) is 4.74. The lowest BCUT2D eigenvalue weighted by Gasteiger charge is -2.12. The van der Waals surface area contributed by atoms with Gasteiger partial charge in [-0.15, -0.1) is 0 Å². The highest BCUT2D eigenvalue weighted by molar-refractivity contribution is 9.11. The first-order valence-electron chi connectivity index (χ1n) is 7.44. The molecule has 1 aromatic carbocycles. The van der Waals surface area contributed by atoms with Crippen LogP contribution in [0.2, 0.25) is 0 Å². The molecule has 0 aliphatic heterocycles. The Balaban J connectivity index is 1.41. The topological polar surface area (TPSA) is 21.3 Å². The predicted octanol–water partition coefficient (Wildman–Crippen LogP) is 4.35. The third-order valence-electron chi connectivity index (χ3n) is 5.54. The molecule has 3 aliphatic carbocycles. The molecule has 3 fully saturated rings. The molecule has 3 saturated carbocycles. The lowest BCUT2D eigenvalue weighted by atomic mass is 10.0. The van der Waals surface area contributed by atoms with Crippen molar-refractivity contribution in [3.63, 3.8) is 0 Å². The second kappa shape index (κ2) is 4.99. The molecule has 0 amide bonds. The average molecular weight is 401 g/mol. The van der Waals surface area contributed by atoms with Crippen molar-refractivity contribution < 1.29 is 4.74 Å². The van der Waals surface area contributed by atoms with Crippen LogP contribution in [0, 0.1) is 23.7 Å². The Kier molecular flexibility index (Phi) is 3.39. The van der Waals surface area contributed by atoms with Crippen LogP contribution in [-0.4, -0.2) is 13.2 Å². The van der Waals surface area contributed by atoms with E-state index in [1.54, 1.807) is 7.11 Å². The zero-order valence-corrected chi connectivity index (χ0v) is 14.7. The molecule has 0 heterocycles. The molecule has 1 aromatic rings. The summed E-state index contributed by atoms with van der Waals surface area (Å²) in [5, 5.41) is 3.79. The summed E-state index contributed by atoms with van der Waals surface area (Å²) < 4.78 is 7.38. The summed E-state index contributed by atoms with van der Waals surface area (Å²) in [6.07, 6.45) is 4.50. The van der Waals surface area contributed by atoms with Crippen LogP contribution < -0.4 is 10.1 Å². The maximum Gasteiger partial charge on any atom is 0.147 e. The molecule has 3 aliphatic rings. The number of ether oxygens (including phenoxy) is 1. The van der Waals surface area contributed by atoms with Gasteiger partial charge in [-0.1, -0.05) is 0 Å². The van der Waals surface area contributed by atoms with Gasteiger partial charge < -0.3 is 10.1 Å².